The van der Waals surface area contributed by atoms with Crippen molar-refractivity contribution in [3.63, 3.8) is 0 Å². The Balaban J connectivity index is 2.39. The van der Waals surface area contributed by atoms with Gasteiger partial charge in [-0.2, -0.15) is 5.10 Å². The van der Waals surface area contributed by atoms with Crippen LogP contribution in [0.3, 0.4) is 0 Å². The minimum Gasteiger partial charge on any atom is -0.387 e. The molecule has 0 saturated carbocycles. The summed E-state index contributed by atoms with van der Waals surface area (Å²) in [5.74, 6) is 1.21. The van der Waals surface area contributed by atoms with Crippen molar-refractivity contribution < 1.29 is 0 Å². The maximum atomic E-state index is 7.21. The van der Waals surface area contributed by atoms with Crippen LogP contribution in [0, 0.1) is 11.3 Å². The Morgan fingerprint density at radius 3 is 3.00 bits per heavy atom. The fraction of sp³-hybridized carbons (Fsp3) is 0.500. The van der Waals surface area contributed by atoms with Crippen LogP contribution in [-0.4, -0.2) is 21.4 Å². The Kier molecular flexibility index (Phi) is 3.36. The largest absolute Gasteiger partial charge is 0.387 e. The summed E-state index contributed by atoms with van der Waals surface area (Å²) in [4.78, 5) is 1.12. The molecule has 0 spiro atoms. The SMILES string of the molecule is CC(CSc1cnn(C)c1)C(=N)N. The molecule has 3 N–H and O–H groups in total. The average Bonchev–Trinajstić information content (AvgIpc) is 2.47. The molecule has 13 heavy (non-hydrogen) atoms. The summed E-state index contributed by atoms with van der Waals surface area (Å²) < 4.78 is 1.76. The van der Waals surface area contributed by atoms with Gasteiger partial charge in [-0.15, -0.1) is 11.8 Å². The molecule has 0 aromatic carbocycles. The van der Waals surface area contributed by atoms with Gasteiger partial charge in [0, 0.05) is 29.8 Å². The molecule has 0 aliphatic rings. The lowest BCUT2D eigenvalue weighted by atomic mass is 10.2. The Labute approximate surface area is 82.0 Å². The van der Waals surface area contributed by atoms with Gasteiger partial charge in [-0.1, -0.05) is 6.92 Å². The topological polar surface area (TPSA) is 67.7 Å². The second-order valence-corrected chi connectivity index (χ2v) is 4.11. The minimum atomic E-state index is 0.130. The predicted molar refractivity (Wildman–Crippen MR) is 55.0 cm³/mol. The van der Waals surface area contributed by atoms with Crippen LogP contribution in [0.25, 0.3) is 0 Å². The van der Waals surface area contributed by atoms with E-state index in [1.807, 2.05) is 26.4 Å². The summed E-state index contributed by atoms with van der Waals surface area (Å²) in [5, 5.41) is 11.3. The molecule has 0 aliphatic carbocycles. The van der Waals surface area contributed by atoms with E-state index in [4.69, 9.17) is 11.1 Å². The van der Waals surface area contributed by atoms with Gasteiger partial charge < -0.3 is 5.73 Å². The van der Waals surface area contributed by atoms with Crippen LogP contribution in [0.15, 0.2) is 17.3 Å². The van der Waals surface area contributed by atoms with Gasteiger partial charge in [-0.05, 0) is 0 Å². The normalized spacial score (nSPS) is 12.8. The Bertz CT molecular complexity index is 294. The Hall–Kier alpha value is -0.970. The first-order valence-electron chi connectivity index (χ1n) is 4.05. The predicted octanol–water partition coefficient (Wildman–Crippen LogP) is 1.08. The Morgan fingerprint density at radius 2 is 2.54 bits per heavy atom. The molecule has 72 valence electrons. The number of hydrogen-bond acceptors (Lipinski definition) is 3. The molecule has 4 nitrogen and oxygen atoms in total. The smallest absolute Gasteiger partial charge is 0.0942 e. The van der Waals surface area contributed by atoms with Gasteiger partial charge in [-0.25, -0.2) is 0 Å². The number of hydrogen-bond donors (Lipinski definition) is 2. The zero-order valence-corrected chi connectivity index (χ0v) is 8.64. The molecule has 0 saturated heterocycles. The molecule has 0 bridgehead atoms. The standard InChI is InChI=1S/C8H14N4S/c1-6(8(9)10)5-13-7-3-11-12(2)4-7/h3-4,6H,5H2,1-2H3,(H3,9,10). The van der Waals surface area contributed by atoms with Crippen molar-refractivity contribution in [2.75, 3.05) is 5.75 Å². The van der Waals surface area contributed by atoms with E-state index in [1.165, 1.54) is 0 Å². The second-order valence-electron chi connectivity index (χ2n) is 3.02. The highest BCUT2D eigenvalue weighted by molar-refractivity contribution is 7.99. The highest BCUT2D eigenvalue weighted by Crippen LogP contribution is 2.19. The van der Waals surface area contributed by atoms with Crippen molar-refractivity contribution in [1.82, 2.24) is 9.78 Å². The number of nitrogens with zero attached hydrogens (tertiary/aromatic N) is 2. The second kappa shape index (κ2) is 4.32. The molecule has 0 fully saturated rings. The number of thioether (sulfide) groups is 1. The molecule has 1 rings (SSSR count). The number of aryl methyl sites for hydroxylation is 1. The Morgan fingerprint density at radius 1 is 1.85 bits per heavy atom. The van der Waals surface area contributed by atoms with Crippen molar-refractivity contribution in [3.8, 4) is 0 Å². The van der Waals surface area contributed by atoms with E-state index >= 15 is 0 Å². The molecular weight excluding hydrogens is 184 g/mol. The van der Waals surface area contributed by atoms with E-state index in [1.54, 1.807) is 16.4 Å². The van der Waals surface area contributed by atoms with Gasteiger partial charge in [0.25, 0.3) is 0 Å². The number of aromatic nitrogens is 2. The van der Waals surface area contributed by atoms with Gasteiger partial charge in [-0.3, -0.25) is 10.1 Å². The van der Waals surface area contributed by atoms with Crippen LogP contribution in [0.5, 0.6) is 0 Å². The molecule has 1 heterocycles. The average molecular weight is 198 g/mol. The zero-order valence-electron chi connectivity index (χ0n) is 7.82. The molecule has 0 aliphatic heterocycles. The van der Waals surface area contributed by atoms with Crippen LogP contribution in [0.2, 0.25) is 0 Å². The summed E-state index contributed by atoms with van der Waals surface area (Å²) in [6.07, 6.45) is 3.77. The molecule has 1 aromatic rings. The van der Waals surface area contributed by atoms with Crippen LogP contribution in [0.4, 0.5) is 0 Å². The van der Waals surface area contributed by atoms with Crippen LogP contribution in [-0.2, 0) is 7.05 Å². The zero-order chi connectivity index (χ0) is 9.84. The van der Waals surface area contributed by atoms with Gasteiger partial charge in [0.2, 0.25) is 0 Å². The molecule has 5 heteroatoms. The summed E-state index contributed by atoms with van der Waals surface area (Å²) in [7, 11) is 1.89. The highest BCUT2D eigenvalue weighted by atomic mass is 32.2. The maximum absolute atomic E-state index is 7.21. The van der Waals surface area contributed by atoms with Gasteiger partial charge in [0.1, 0.15) is 0 Å². The quantitative estimate of drug-likeness (QED) is 0.432. The van der Waals surface area contributed by atoms with Crippen molar-refractivity contribution in [2.45, 2.75) is 11.8 Å². The summed E-state index contributed by atoms with van der Waals surface area (Å²) in [6.45, 7) is 1.95. The van der Waals surface area contributed by atoms with Crippen LogP contribution in [0.1, 0.15) is 6.92 Å². The third-order valence-corrected chi connectivity index (χ3v) is 2.92. The lowest BCUT2D eigenvalue weighted by Gasteiger charge is -2.06. The van der Waals surface area contributed by atoms with Crippen LogP contribution >= 0.6 is 11.8 Å². The van der Waals surface area contributed by atoms with Crippen molar-refractivity contribution in [3.05, 3.63) is 12.4 Å². The van der Waals surface area contributed by atoms with Crippen molar-refractivity contribution >= 4 is 17.6 Å². The fourth-order valence-electron chi connectivity index (χ4n) is 0.784. The maximum Gasteiger partial charge on any atom is 0.0942 e. The molecule has 1 aromatic heterocycles. The van der Waals surface area contributed by atoms with Crippen molar-refractivity contribution in [1.29, 1.82) is 5.41 Å². The van der Waals surface area contributed by atoms with E-state index in [0.717, 1.165) is 10.6 Å². The van der Waals surface area contributed by atoms with E-state index < -0.39 is 0 Å². The molecule has 0 radical (unpaired) electrons. The van der Waals surface area contributed by atoms with E-state index in [0.29, 0.717) is 0 Å². The summed E-state index contributed by atoms with van der Waals surface area (Å²) >= 11 is 1.67. The lowest BCUT2D eigenvalue weighted by Crippen LogP contribution is -2.21. The lowest BCUT2D eigenvalue weighted by molar-refractivity contribution is 0.766. The third-order valence-electron chi connectivity index (χ3n) is 1.71. The number of amidine groups is 1. The number of nitrogens with one attached hydrogen (secondary N) is 1. The first kappa shape index (κ1) is 10.1. The van der Waals surface area contributed by atoms with Crippen LogP contribution < -0.4 is 5.73 Å². The highest BCUT2D eigenvalue weighted by Gasteiger charge is 2.06. The number of nitrogens with two attached hydrogens (primary N) is 1. The molecular formula is C8H14N4S. The first-order chi connectivity index (χ1) is 6.09. The van der Waals surface area contributed by atoms with E-state index in [9.17, 15) is 0 Å². The molecule has 1 unspecified atom stereocenters. The van der Waals surface area contributed by atoms with Gasteiger partial charge in [0.15, 0.2) is 0 Å². The summed E-state index contributed by atoms with van der Waals surface area (Å²) in [6, 6.07) is 0. The third kappa shape index (κ3) is 3.10. The van der Waals surface area contributed by atoms with E-state index in [2.05, 4.69) is 5.10 Å². The summed E-state index contributed by atoms with van der Waals surface area (Å²) in [5.41, 5.74) is 5.35. The molecule has 1 atom stereocenters. The van der Waals surface area contributed by atoms with Crippen molar-refractivity contribution in [2.24, 2.45) is 18.7 Å². The fourth-order valence-corrected chi connectivity index (χ4v) is 1.76. The number of rotatable bonds is 4. The van der Waals surface area contributed by atoms with E-state index in [-0.39, 0.29) is 11.8 Å². The monoisotopic (exact) mass is 198 g/mol. The van der Waals surface area contributed by atoms with Gasteiger partial charge in [0.05, 0.1) is 12.0 Å². The minimum absolute atomic E-state index is 0.130. The first-order valence-corrected chi connectivity index (χ1v) is 5.03. The van der Waals surface area contributed by atoms with Gasteiger partial charge >= 0.3 is 0 Å². The molecule has 0 amide bonds.